The molecule has 2 aromatic rings. The summed E-state index contributed by atoms with van der Waals surface area (Å²) in [5, 5.41) is 9.03. The van der Waals surface area contributed by atoms with Gasteiger partial charge in [0.1, 0.15) is 5.82 Å². The van der Waals surface area contributed by atoms with E-state index in [4.69, 9.17) is 5.11 Å². The Morgan fingerprint density at radius 2 is 1.91 bits per heavy atom. The molecule has 122 valence electrons. The molecule has 0 radical (unpaired) electrons. The Morgan fingerprint density at radius 1 is 1.22 bits per heavy atom. The zero-order valence-corrected chi connectivity index (χ0v) is 13.4. The first-order valence-electron chi connectivity index (χ1n) is 6.90. The largest absolute Gasteiger partial charge is 0.478 e. The lowest BCUT2D eigenvalue weighted by atomic mass is 10.1. The van der Waals surface area contributed by atoms with E-state index >= 15 is 0 Å². The van der Waals surface area contributed by atoms with E-state index in [1.54, 1.807) is 19.9 Å². The van der Waals surface area contributed by atoms with Gasteiger partial charge in [-0.3, -0.25) is 4.72 Å². The van der Waals surface area contributed by atoms with E-state index in [1.165, 1.54) is 24.3 Å². The molecule has 0 fully saturated rings. The second-order valence-electron chi connectivity index (χ2n) is 5.07. The highest BCUT2D eigenvalue weighted by atomic mass is 32.2. The molecule has 2 N–H and O–H groups in total. The third kappa shape index (κ3) is 3.68. The van der Waals surface area contributed by atoms with E-state index in [0.29, 0.717) is 17.5 Å². The van der Waals surface area contributed by atoms with Crippen molar-refractivity contribution < 1.29 is 22.7 Å². The monoisotopic (exact) mass is 337 g/mol. The molecule has 0 saturated carbocycles. The minimum Gasteiger partial charge on any atom is -0.478 e. The topological polar surface area (TPSA) is 83.5 Å². The summed E-state index contributed by atoms with van der Waals surface area (Å²) >= 11 is 0. The molecule has 0 aromatic heterocycles. The number of carboxylic acids is 1. The summed E-state index contributed by atoms with van der Waals surface area (Å²) in [7, 11) is -4.10. The molecule has 0 amide bonds. The van der Waals surface area contributed by atoms with Gasteiger partial charge in [0.25, 0.3) is 10.0 Å². The number of hydrogen-bond acceptors (Lipinski definition) is 3. The minimum absolute atomic E-state index is 0.146. The molecule has 7 heteroatoms. The van der Waals surface area contributed by atoms with Gasteiger partial charge in [-0.1, -0.05) is 19.1 Å². The summed E-state index contributed by atoms with van der Waals surface area (Å²) in [5.74, 6) is -1.92. The van der Waals surface area contributed by atoms with Crippen LogP contribution >= 0.6 is 0 Å². The third-order valence-electron chi connectivity index (χ3n) is 3.35. The Labute approximate surface area is 133 Å². The van der Waals surface area contributed by atoms with Crippen molar-refractivity contribution in [1.82, 2.24) is 0 Å². The number of carbonyl (C=O) groups is 1. The van der Waals surface area contributed by atoms with Crippen LogP contribution in [0.15, 0.2) is 41.3 Å². The average Bonchev–Trinajstić information content (AvgIpc) is 2.49. The van der Waals surface area contributed by atoms with Gasteiger partial charge in [0.05, 0.1) is 16.1 Å². The molecule has 0 aliphatic carbocycles. The van der Waals surface area contributed by atoms with Crippen LogP contribution in [-0.4, -0.2) is 19.5 Å². The third-order valence-corrected chi connectivity index (χ3v) is 4.80. The second kappa shape index (κ2) is 6.37. The van der Waals surface area contributed by atoms with Gasteiger partial charge >= 0.3 is 5.97 Å². The second-order valence-corrected chi connectivity index (χ2v) is 6.72. The van der Waals surface area contributed by atoms with Gasteiger partial charge in [-0.05, 0) is 48.7 Å². The Bertz CT molecular complexity index is 862. The molecule has 2 rings (SSSR count). The van der Waals surface area contributed by atoms with Crippen LogP contribution in [0.3, 0.4) is 0 Å². The summed E-state index contributed by atoms with van der Waals surface area (Å²) in [5.41, 5.74) is 0.785. The lowest BCUT2D eigenvalue weighted by Gasteiger charge is -2.13. The Balaban J connectivity index is 2.50. The maximum Gasteiger partial charge on any atom is 0.335 e. The average molecular weight is 337 g/mol. The number of aryl methyl sites for hydroxylation is 2. The van der Waals surface area contributed by atoms with Crippen molar-refractivity contribution in [2.75, 3.05) is 4.72 Å². The number of benzene rings is 2. The van der Waals surface area contributed by atoms with Crippen LogP contribution in [0.2, 0.25) is 0 Å². The fourth-order valence-corrected chi connectivity index (χ4v) is 3.54. The number of aromatic carboxylic acids is 1. The van der Waals surface area contributed by atoms with E-state index < -0.39 is 21.8 Å². The summed E-state index contributed by atoms with van der Waals surface area (Å²) in [6.45, 7) is 3.44. The fraction of sp³-hybridized carbons (Fsp3) is 0.188. The molecule has 23 heavy (non-hydrogen) atoms. The number of anilines is 1. The van der Waals surface area contributed by atoms with Crippen molar-refractivity contribution in [3.63, 3.8) is 0 Å². The van der Waals surface area contributed by atoms with E-state index in [0.717, 1.165) is 6.07 Å². The van der Waals surface area contributed by atoms with Crippen molar-refractivity contribution in [2.45, 2.75) is 25.2 Å². The molecule has 0 spiro atoms. The van der Waals surface area contributed by atoms with Crippen molar-refractivity contribution in [2.24, 2.45) is 0 Å². The number of carboxylic acid groups (broad SMARTS) is 1. The lowest BCUT2D eigenvalue weighted by Crippen LogP contribution is -2.16. The number of halogens is 1. The SMILES string of the molecule is CCc1ccc(C(=O)O)cc1S(=O)(=O)Nc1ccc(C)cc1F. The van der Waals surface area contributed by atoms with Gasteiger partial charge in [-0.25, -0.2) is 17.6 Å². The highest BCUT2D eigenvalue weighted by molar-refractivity contribution is 7.92. The summed E-state index contributed by atoms with van der Waals surface area (Å²) in [4.78, 5) is 10.9. The maximum absolute atomic E-state index is 13.9. The lowest BCUT2D eigenvalue weighted by molar-refractivity contribution is 0.0696. The van der Waals surface area contributed by atoms with Crippen molar-refractivity contribution >= 4 is 21.7 Å². The molecule has 0 atom stereocenters. The molecular formula is C16H16FNO4S. The van der Waals surface area contributed by atoms with Gasteiger partial charge < -0.3 is 5.11 Å². The van der Waals surface area contributed by atoms with Gasteiger partial charge in [-0.15, -0.1) is 0 Å². The Morgan fingerprint density at radius 3 is 2.48 bits per heavy atom. The Kier molecular flexibility index (Phi) is 4.70. The standard InChI is InChI=1S/C16H16FNO4S/c1-3-11-5-6-12(16(19)20)9-15(11)23(21,22)18-14-7-4-10(2)8-13(14)17/h4-9,18H,3H2,1-2H3,(H,19,20). The van der Waals surface area contributed by atoms with Crippen LogP contribution in [-0.2, 0) is 16.4 Å². The van der Waals surface area contributed by atoms with E-state index in [1.807, 2.05) is 0 Å². The number of hydrogen-bond donors (Lipinski definition) is 2. The molecule has 0 saturated heterocycles. The predicted molar refractivity (Wildman–Crippen MR) is 84.7 cm³/mol. The van der Waals surface area contributed by atoms with Crippen molar-refractivity contribution in [3.8, 4) is 0 Å². The maximum atomic E-state index is 13.9. The molecular weight excluding hydrogens is 321 g/mol. The molecule has 0 aliphatic rings. The molecule has 5 nitrogen and oxygen atoms in total. The van der Waals surface area contributed by atoms with Crippen LogP contribution in [0.5, 0.6) is 0 Å². The predicted octanol–water partition coefficient (Wildman–Crippen LogP) is 3.20. The first kappa shape index (κ1) is 17.0. The van der Waals surface area contributed by atoms with Crippen LogP contribution < -0.4 is 4.72 Å². The van der Waals surface area contributed by atoms with E-state index in [-0.39, 0.29) is 16.1 Å². The fourth-order valence-electron chi connectivity index (χ4n) is 2.13. The summed E-state index contributed by atoms with van der Waals surface area (Å²) in [6.07, 6.45) is 0.395. The van der Waals surface area contributed by atoms with Gasteiger partial charge in [0.2, 0.25) is 0 Å². The molecule has 0 heterocycles. The highest BCUT2D eigenvalue weighted by Gasteiger charge is 2.21. The van der Waals surface area contributed by atoms with Crippen molar-refractivity contribution in [3.05, 3.63) is 58.9 Å². The van der Waals surface area contributed by atoms with E-state index in [2.05, 4.69) is 4.72 Å². The molecule has 0 unspecified atom stereocenters. The van der Waals surface area contributed by atoms with Gasteiger partial charge in [-0.2, -0.15) is 0 Å². The zero-order valence-electron chi connectivity index (χ0n) is 12.6. The summed E-state index contributed by atoms with van der Waals surface area (Å²) in [6, 6.07) is 7.99. The summed E-state index contributed by atoms with van der Waals surface area (Å²) < 4.78 is 41.1. The first-order valence-corrected chi connectivity index (χ1v) is 8.38. The minimum atomic E-state index is -4.10. The van der Waals surface area contributed by atoms with Crippen molar-refractivity contribution in [1.29, 1.82) is 0 Å². The Hall–Kier alpha value is -2.41. The normalized spacial score (nSPS) is 11.3. The van der Waals surface area contributed by atoms with Gasteiger partial charge in [0.15, 0.2) is 0 Å². The van der Waals surface area contributed by atoms with Crippen LogP contribution in [0.1, 0.15) is 28.4 Å². The smallest absolute Gasteiger partial charge is 0.335 e. The molecule has 0 bridgehead atoms. The zero-order chi connectivity index (χ0) is 17.2. The van der Waals surface area contributed by atoms with Crippen LogP contribution in [0.25, 0.3) is 0 Å². The molecule has 0 aliphatic heterocycles. The quantitative estimate of drug-likeness (QED) is 0.877. The first-order chi connectivity index (χ1) is 10.7. The van der Waals surface area contributed by atoms with E-state index in [9.17, 15) is 17.6 Å². The van der Waals surface area contributed by atoms with Gasteiger partial charge in [0, 0.05) is 0 Å². The number of sulfonamides is 1. The van der Waals surface area contributed by atoms with Crippen LogP contribution in [0, 0.1) is 12.7 Å². The van der Waals surface area contributed by atoms with Crippen LogP contribution in [0.4, 0.5) is 10.1 Å². The highest BCUT2D eigenvalue weighted by Crippen LogP contribution is 2.24. The number of rotatable bonds is 5. The number of nitrogens with one attached hydrogen (secondary N) is 1. The molecule has 2 aromatic carbocycles.